The van der Waals surface area contributed by atoms with Gasteiger partial charge in [0.25, 0.3) is 0 Å². The van der Waals surface area contributed by atoms with E-state index in [4.69, 9.17) is 0 Å². The summed E-state index contributed by atoms with van der Waals surface area (Å²) >= 11 is 2.03. The Balaban J connectivity index is 3.59. The second-order valence-corrected chi connectivity index (χ2v) is 6.06. The van der Waals surface area contributed by atoms with Crippen LogP contribution in [-0.4, -0.2) is 24.6 Å². The van der Waals surface area contributed by atoms with E-state index in [1.54, 1.807) is 0 Å². The molecule has 0 heterocycles. The molecule has 1 nitrogen and oxygen atoms in total. The third-order valence-corrected chi connectivity index (χ3v) is 3.22. The van der Waals surface area contributed by atoms with E-state index in [2.05, 4.69) is 40.1 Å². The zero-order chi connectivity index (χ0) is 10.3. The van der Waals surface area contributed by atoms with Gasteiger partial charge in [-0.15, -0.1) is 0 Å². The van der Waals surface area contributed by atoms with Crippen LogP contribution in [0.2, 0.25) is 0 Å². The highest BCUT2D eigenvalue weighted by atomic mass is 32.2. The molecule has 0 aliphatic rings. The molecule has 0 bridgehead atoms. The fraction of sp³-hybridized carbons (Fsp3) is 1.00. The predicted molar refractivity (Wildman–Crippen MR) is 64.5 cm³/mol. The van der Waals surface area contributed by atoms with E-state index in [0.717, 1.165) is 0 Å². The summed E-state index contributed by atoms with van der Waals surface area (Å²) in [7, 11) is 2.07. The minimum Gasteiger partial charge on any atom is -0.316 e. The van der Waals surface area contributed by atoms with Gasteiger partial charge in [0, 0.05) is 11.8 Å². The van der Waals surface area contributed by atoms with Crippen molar-refractivity contribution in [2.75, 3.05) is 18.6 Å². The van der Waals surface area contributed by atoms with Gasteiger partial charge in [-0.2, -0.15) is 11.8 Å². The van der Waals surface area contributed by atoms with Gasteiger partial charge in [-0.25, -0.2) is 0 Å². The standard InChI is InChI=1S/C11H25NS/c1-6-13-9-10(12-5)7-8-11(2,3)4/h10,12H,6-9H2,1-5H3. The molecule has 0 spiro atoms. The van der Waals surface area contributed by atoms with Crippen molar-refractivity contribution in [3.63, 3.8) is 0 Å². The fourth-order valence-corrected chi connectivity index (χ4v) is 2.03. The largest absolute Gasteiger partial charge is 0.316 e. The maximum absolute atomic E-state index is 3.39. The predicted octanol–water partition coefficient (Wildman–Crippen LogP) is 3.15. The highest BCUT2D eigenvalue weighted by Gasteiger charge is 2.13. The van der Waals surface area contributed by atoms with E-state index in [-0.39, 0.29) is 0 Å². The molecule has 0 aliphatic carbocycles. The first-order valence-corrected chi connectivity index (χ1v) is 6.40. The van der Waals surface area contributed by atoms with Crippen LogP contribution >= 0.6 is 11.8 Å². The molecule has 0 saturated carbocycles. The monoisotopic (exact) mass is 203 g/mol. The zero-order valence-electron chi connectivity index (χ0n) is 9.81. The Kier molecular flexibility index (Phi) is 6.88. The van der Waals surface area contributed by atoms with E-state index in [9.17, 15) is 0 Å². The zero-order valence-corrected chi connectivity index (χ0v) is 10.6. The van der Waals surface area contributed by atoms with Crippen molar-refractivity contribution in [2.45, 2.75) is 46.6 Å². The first-order chi connectivity index (χ1) is 5.99. The molecule has 13 heavy (non-hydrogen) atoms. The van der Waals surface area contributed by atoms with Gasteiger partial charge in [0.1, 0.15) is 0 Å². The Morgan fingerprint density at radius 1 is 1.31 bits per heavy atom. The first-order valence-electron chi connectivity index (χ1n) is 5.24. The summed E-state index contributed by atoms with van der Waals surface area (Å²) in [6.45, 7) is 9.16. The van der Waals surface area contributed by atoms with Crippen LogP contribution in [-0.2, 0) is 0 Å². The third-order valence-electron chi connectivity index (χ3n) is 2.17. The average Bonchev–Trinajstić information content (AvgIpc) is 2.03. The van der Waals surface area contributed by atoms with Crippen molar-refractivity contribution in [3.05, 3.63) is 0 Å². The van der Waals surface area contributed by atoms with Crippen molar-refractivity contribution < 1.29 is 0 Å². The Hall–Kier alpha value is 0.310. The molecule has 1 N–H and O–H groups in total. The van der Waals surface area contributed by atoms with Gasteiger partial charge in [-0.1, -0.05) is 27.7 Å². The van der Waals surface area contributed by atoms with Gasteiger partial charge in [0.15, 0.2) is 0 Å². The van der Waals surface area contributed by atoms with Crippen molar-refractivity contribution in [3.8, 4) is 0 Å². The van der Waals surface area contributed by atoms with E-state index in [1.165, 1.54) is 24.3 Å². The molecule has 1 atom stereocenters. The van der Waals surface area contributed by atoms with Gasteiger partial charge in [0.2, 0.25) is 0 Å². The minimum atomic E-state index is 0.478. The highest BCUT2D eigenvalue weighted by Crippen LogP contribution is 2.22. The minimum absolute atomic E-state index is 0.478. The van der Waals surface area contributed by atoms with Crippen LogP contribution < -0.4 is 5.32 Å². The summed E-state index contributed by atoms with van der Waals surface area (Å²) in [5.41, 5.74) is 0.478. The lowest BCUT2D eigenvalue weighted by Gasteiger charge is -2.22. The third kappa shape index (κ3) is 8.63. The quantitative estimate of drug-likeness (QED) is 0.712. The second kappa shape index (κ2) is 6.72. The molecule has 2 heteroatoms. The second-order valence-electron chi connectivity index (χ2n) is 4.74. The lowest BCUT2D eigenvalue weighted by molar-refractivity contribution is 0.343. The van der Waals surface area contributed by atoms with Gasteiger partial charge < -0.3 is 5.32 Å². The van der Waals surface area contributed by atoms with E-state index in [0.29, 0.717) is 11.5 Å². The molecule has 0 aromatic heterocycles. The molecule has 80 valence electrons. The molecule has 0 radical (unpaired) electrons. The average molecular weight is 203 g/mol. The van der Waals surface area contributed by atoms with Crippen molar-refractivity contribution >= 4 is 11.8 Å². The lowest BCUT2D eigenvalue weighted by atomic mass is 9.89. The van der Waals surface area contributed by atoms with E-state index < -0.39 is 0 Å². The molecule has 0 aromatic carbocycles. The summed E-state index contributed by atoms with van der Waals surface area (Å²) in [5.74, 6) is 2.48. The summed E-state index contributed by atoms with van der Waals surface area (Å²) in [4.78, 5) is 0. The van der Waals surface area contributed by atoms with Gasteiger partial charge >= 0.3 is 0 Å². The van der Waals surface area contributed by atoms with Crippen molar-refractivity contribution in [1.29, 1.82) is 0 Å². The molecule has 0 rings (SSSR count). The first kappa shape index (κ1) is 13.3. The van der Waals surface area contributed by atoms with E-state index in [1.807, 2.05) is 11.8 Å². The van der Waals surface area contributed by atoms with Crippen molar-refractivity contribution in [1.82, 2.24) is 5.32 Å². The van der Waals surface area contributed by atoms with Crippen molar-refractivity contribution in [2.24, 2.45) is 5.41 Å². The number of hydrogen-bond acceptors (Lipinski definition) is 2. The fourth-order valence-electron chi connectivity index (χ4n) is 1.18. The Morgan fingerprint density at radius 2 is 1.92 bits per heavy atom. The molecule has 0 fully saturated rings. The summed E-state index contributed by atoms with van der Waals surface area (Å²) in [5, 5.41) is 3.39. The van der Waals surface area contributed by atoms with Gasteiger partial charge in [-0.05, 0) is 31.1 Å². The Bertz CT molecular complexity index is 118. The molecule has 1 unspecified atom stereocenters. The molecule has 0 amide bonds. The highest BCUT2D eigenvalue weighted by molar-refractivity contribution is 7.99. The topological polar surface area (TPSA) is 12.0 Å². The SMILES string of the molecule is CCSCC(CCC(C)(C)C)NC. The van der Waals surface area contributed by atoms with Gasteiger partial charge in [0.05, 0.1) is 0 Å². The number of thioether (sulfide) groups is 1. The summed E-state index contributed by atoms with van der Waals surface area (Å²) < 4.78 is 0. The number of rotatable bonds is 6. The van der Waals surface area contributed by atoms with Crippen LogP contribution in [0.5, 0.6) is 0 Å². The molecule has 0 saturated heterocycles. The Morgan fingerprint density at radius 3 is 2.31 bits per heavy atom. The van der Waals surface area contributed by atoms with Crippen LogP contribution in [0.3, 0.4) is 0 Å². The van der Waals surface area contributed by atoms with Crippen LogP contribution in [0.15, 0.2) is 0 Å². The number of nitrogens with one attached hydrogen (secondary N) is 1. The summed E-state index contributed by atoms with van der Waals surface area (Å²) in [6.07, 6.45) is 2.61. The van der Waals surface area contributed by atoms with Crippen LogP contribution in [0, 0.1) is 5.41 Å². The Labute approximate surface area is 88.1 Å². The van der Waals surface area contributed by atoms with Crippen LogP contribution in [0.1, 0.15) is 40.5 Å². The molecule has 0 aliphatic heterocycles. The van der Waals surface area contributed by atoms with Gasteiger partial charge in [-0.3, -0.25) is 0 Å². The molecular formula is C11H25NS. The normalized spacial score (nSPS) is 14.5. The smallest absolute Gasteiger partial charge is 0.0155 e. The lowest BCUT2D eigenvalue weighted by Crippen LogP contribution is -2.29. The summed E-state index contributed by atoms with van der Waals surface area (Å²) in [6, 6.07) is 0.698. The van der Waals surface area contributed by atoms with Crippen LogP contribution in [0.25, 0.3) is 0 Å². The number of hydrogen-bond donors (Lipinski definition) is 1. The maximum atomic E-state index is 3.39. The van der Waals surface area contributed by atoms with E-state index >= 15 is 0 Å². The molecular weight excluding hydrogens is 178 g/mol. The maximum Gasteiger partial charge on any atom is 0.0155 e. The van der Waals surface area contributed by atoms with Crippen LogP contribution in [0.4, 0.5) is 0 Å². The molecule has 0 aromatic rings.